The van der Waals surface area contributed by atoms with Crippen LogP contribution in [0.25, 0.3) is 0 Å². The van der Waals surface area contributed by atoms with Gasteiger partial charge in [-0.05, 0) is 61.2 Å². The molecule has 0 bridgehead atoms. The van der Waals surface area contributed by atoms with E-state index < -0.39 is 41.6 Å². The van der Waals surface area contributed by atoms with Crippen molar-refractivity contribution < 1.29 is 33.4 Å². The minimum absolute atomic E-state index is 0.0472. The van der Waals surface area contributed by atoms with Gasteiger partial charge in [0.15, 0.2) is 0 Å². The Hall–Kier alpha value is -1.92. The van der Waals surface area contributed by atoms with E-state index in [9.17, 15) is 19.2 Å². The topological polar surface area (TPSA) is 96.0 Å². The zero-order chi connectivity index (χ0) is 24.2. The molecule has 33 heavy (non-hydrogen) atoms. The van der Waals surface area contributed by atoms with Gasteiger partial charge in [-0.15, -0.1) is 0 Å². The van der Waals surface area contributed by atoms with Crippen LogP contribution < -0.4 is 0 Å². The summed E-state index contributed by atoms with van der Waals surface area (Å²) < 4.78 is 17.1. The highest BCUT2D eigenvalue weighted by atomic mass is 16.7. The summed E-state index contributed by atoms with van der Waals surface area (Å²) in [5.41, 5.74) is -1.23. The molecule has 0 aromatic rings. The summed E-state index contributed by atoms with van der Waals surface area (Å²) in [5, 5.41) is 0. The summed E-state index contributed by atoms with van der Waals surface area (Å²) >= 11 is 0. The molecule has 3 aliphatic carbocycles. The van der Waals surface area contributed by atoms with Crippen LogP contribution >= 0.6 is 0 Å². The molecule has 4 fully saturated rings. The summed E-state index contributed by atoms with van der Waals surface area (Å²) in [6.45, 7) is 10.0. The molecular weight excluding hydrogens is 424 g/mol. The third-order valence-electron chi connectivity index (χ3n) is 9.50. The highest BCUT2D eigenvalue weighted by Gasteiger charge is 2.73. The predicted octanol–water partition coefficient (Wildman–Crippen LogP) is 4.21. The number of aldehydes is 1. The maximum atomic E-state index is 13.2. The average molecular weight is 463 g/mol. The standard InChI is InChI=1S/C26H38O7/c1-6-8-20(29)32-19-13-18-24(3,4)11-7-12-25(18,5)17-10-9-16-21(26(17,19)14-27)23(31-15(2)28)33-22(16)30/h14,16-19,21,23H,6-13H2,1-5H3/t16-,17-,18+,19-,21+,23+,25-,26+/m1/s1. The predicted molar refractivity (Wildman–Crippen MR) is 118 cm³/mol. The van der Waals surface area contributed by atoms with E-state index in [1.54, 1.807) is 0 Å². The molecule has 7 nitrogen and oxygen atoms in total. The summed E-state index contributed by atoms with van der Waals surface area (Å²) in [5.74, 6) is -2.31. The van der Waals surface area contributed by atoms with Crippen LogP contribution in [0.15, 0.2) is 0 Å². The Morgan fingerprint density at radius 2 is 1.85 bits per heavy atom. The molecule has 3 saturated carbocycles. The fraction of sp³-hybridized carbons (Fsp3) is 0.846. The minimum atomic E-state index is -1.13. The van der Waals surface area contributed by atoms with Gasteiger partial charge in [-0.2, -0.15) is 0 Å². The van der Waals surface area contributed by atoms with E-state index in [2.05, 4.69) is 20.8 Å². The van der Waals surface area contributed by atoms with Crippen LogP contribution in [0.3, 0.4) is 0 Å². The van der Waals surface area contributed by atoms with Crippen molar-refractivity contribution in [1.82, 2.24) is 0 Å². The van der Waals surface area contributed by atoms with E-state index in [1.807, 2.05) is 6.92 Å². The van der Waals surface area contributed by atoms with E-state index in [-0.39, 0.29) is 35.1 Å². The summed E-state index contributed by atoms with van der Waals surface area (Å²) in [6, 6.07) is 0. The van der Waals surface area contributed by atoms with E-state index in [0.717, 1.165) is 25.5 Å². The lowest BCUT2D eigenvalue weighted by molar-refractivity contribution is -0.246. The molecule has 0 amide bonds. The van der Waals surface area contributed by atoms with E-state index in [0.29, 0.717) is 25.7 Å². The fourth-order valence-corrected chi connectivity index (χ4v) is 8.32. The van der Waals surface area contributed by atoms with Crippen molar-refractivity contribution in [3.63, 3.8) is 0 Å². The number of esters is 3. The van der Waals surface area contributed by atoms with Gasteiger partial charge in [0, 0.05) is 13.3 Å². The van der Waals surface area contributed by atoms with Crippen molar-refractivity contribution in [2.24, 2.45) is 39.9 Å². The van der Waals surface area contributed by atoms with Crippen molar-refractivity contribution in [2.45, 2.75) is 98.4 Å². The van der Waals surface area contributed by atoms with Crippen molar-refractivity contribution in [2.75, 3.05) is 0 Å². The molecule has 0 N–H and O–H groups in total. The van der Waals surface area contributed by atoms with E-state index in [1.165, 1.54) is 6.92 Å². The minimum Gasteiger partial charge on any atom is -0.461 e. The number of fused-ring (bicyclic) bond motifs is 5. The zero-order valence-corrected chi connectivity index (χ0v) is 20.6. The lowest BCUT2D eigenvalue weighted by Crippen LogP contribution is -2.68. The van der Waals surface area contributed by atoms with Gasteiger partial charge in [-0.3, -0.25) is 14.4 Å². The van der Waals surface area contributed by atoms with Crippen LogP contribution in [0.4, 0.5) is 0 Å². The first-order valence-corrected chi connectivity index (χ1v) is 12.5. The summed E-state index contributed by atoms with van der Waals surface area (Å²) in [6.07, 6.45) is 5.05. The Morgan fingerprint density at radius 3 is 2.48 bits per heavy atom. The SMILES string of the molecule is CCCC(=O)O[C@@H]1C[C@H]2C(C)(C)CCC[C@]2(C)[C@H]2CC[C@H]3C(=O)O[C@H](OC(C)=O)[C@H]3[C@@]21C=O. The average Bonchev–Trinajstić information content (AvgIpc) is 3.04. The highest BCUT2D eigenvalue weighted by Crippen LogP contribution is 2.70. The Bertz CT molecular complexity index is 834. The molecule has 0 spiro atoms. The third-order valence-corrected chi connectivity index (χ3v) is 9.50. The number of rotatable bonds is 5. The van der Waals surface area contributed by atoms with E-state index in [4.69, 9.17) is 14.2 Å². The number of cyclic esters (lactones) is 1. The Balaban J connectivity index is 1.86. The van der Waals surface area contributed by atoms with Crippen LogP contribution in [-0.2, 0) is 33.4 Å². The van der Waals surface area contributed by atoms with Gasteiger partial charge in [0.2, 0.25) is 0 Å². The molecule has 4 rings (SSSR count). The maximum absolute atomic E-state index is 13.2. The van der Waals surface area contributed by atoms with Gasteiger partial charge >= 0.3 is 17.9 Å². The van der Waals surface area contributed by atoms with Crippen LogP contribution in [0.1, 0.15) is 86.0 Å². The van der Waals surface area contributed by atoms with Gasteiger partial charge in [0.25, 0.3) is 6.29 Å². The summed E-state index contributed by atoms with van der Waals surface area (Å²) in [4.78, 5) is 50.6. The van der Waals surface area contributed by atoms with Crippen LogP contribution in [0, 0.1) is 39.9 Å². The smallest absolute Gasteiger partial charge is 0.312 e. The normalized spacial score (nSPS) is 43.4. The van der Waals surface area contributed by atoms with Crippen LogP contribution in [0.2, 0.25) is 0 Å². The lowest BCUT2D eigenvalue weighted by Gasteiger charge is -2.66. The molecule has 7 heteroatoms. The zero-order valence-electron chi connectivity index (χ0n) is 20.6. The Morgan fingerprint density at radius 1 is 1.12 bits per heavy atom. The van der Waals surface area contributed by atoms with Gasteiger partial charge in [-0.1, -0.05) is 34.1 Å². The Labute approximate surface area is 196 Å². The van der Waals surface area contributed by atoms with E-state index >= 15 is 0 Å². The number of carbonyl (C=O) groups is 4. The highest BCUT2D eigenvalue weighted by molar-refractivity contribution is 5.79. The second kappa shape index (κ2) is 8.38. The number of carbonyl (C=O) groups excluding carboxylic acids is 4. The molecule has 184 valence electrons. The molecule has 4 aliphatic rings. The third kappa shape index (κ3) is 3.61. The van der Waals surface area contributed by atoms with Gasteiger partial charge in [-0.25, -0.2) is 0 Å². The molecule has 1 saturated heterocycles. The lowest BCUT2D eigenvalue weighted by atomic mass is 9.38. The number of ether oxygens (including phenoxy) is 3. The van der Waals surface area contributed by atoms with Crippen molar-refractivity contribution in [3.05, 3.63) is 0 Å². The molecule has 0 unspecified atom stereocenters. The van der Waals surface area contributed by atoms with Gasteiger partial charge < -0.3 is 19.0 Å². The first kappa shape index (κ1) is 24.2. The van der Waals surface area contributed by atoms with Crippen molar-refractivity contribution in [3.8, 4) is 0 Å². The van der Waals surface area contributed by atoms with Crippen LogP contribution in [0.5, 0.6) is 0 Å². The van der Waals surface area contributed by atoms with Crippen LogP contribution in [-0.4, -0.2) is 36.6 Å². The molecule has 1 heterocycles. The molecule has 0 aromatic carbocycles. The second-order valence-corrected chi connectivity index (χ2v) is 11.7. The quantitative estimate of drug-likeness (QED) is 0.446. The first-order chi connectivity index (χ1) is 15.5. The Kier molecular flexibility index (Phi) is 6.15. The van der Waals surface area contributed by atoms with Gasteiger partial charge in [0.05, 0.1) is 17.3 Å². The molecule has 0 radical (unpaired) electrons. The molecular formula is C26H38O7. The second-order valence-electron chi connectivity index (χ2n) is 11.7. The molecule has 1 aliphatic heterocycles. The van der Waals surface area contributed by atoms with Crippen molar-refractivity contribution >= 4 is 24.2 Å². The van der Waals surface area contributed by atoms with Gasteiger partial charge in [0.1, 0.15) is 12.4 Å². The monoisotopic (exact) mass is 462 g/mol. The fourth-order valence-electron chi connectivity index (χ4n) is 8.32. The number of hydrogen-bond donors (Lipinski definition) is 0. The largest absolute Gasteiger partial charge is 0.461 e. The molecule has 8 atom stereocenters. The summed E-state index contributed by atoms with van der Waals surface area (Å²) in [7, 11) is 0. The molecule has 0 aromatic heterocycles. The maximum Gasteiger partial charge on any atom is 0.312 e. The van der Waals surface area contributed by atoms with Crippen molar-refractivity contribution in [1.29, 1.82) is 0 Å². The first-order valence-electron chi connectivity index (χ1n) is 12.5. The number of hydrogen-bond acceptors (Lipinski definition) is 7.